The third-order valence-corrected chi connectivity index (χ3v) is 5.60. The number of nitrogens with zero attached hydrogens (tertiary/aromatic N) is 4. The number of hydrogen-bond acceptors (Lipinski definition) is 7. The van der Waals surface area contributed by atoms with Gasteiger partial charge in [0.25, 0.3) is 5.56 Å². The average molecular weight is 437 g/mol. The first-order valence-corrected chi connectivity index (χ1v) is 10.7. The first kappa shape index (κ1) is 21.9. The predicted octanol–water partition coefficient (Wildman–Crippen LogP) is 3.04. The van der Waals surface area contributed by atoms with Crippen molar-refractivity contribution in [3.8, 4) is 11.9 Å². The van der Waals surface area contributed by atoms with Crippen LogP contribution >= 0.6 is 0 Å². The number of sulfonamides is 1. The Labute approximate surface area is 178 Å². The molecule has 158 valence electrons. The van der Waals surface area contributed by atoms with Crippen molar-refractivity contribution in [1.29, 1.82) is 5.26 Å². The van der Waals surface area contributed by atoms with Gasteiger partial charge in [-0.2, -0.15) is 10.4 Å². The lowest BCUT2D eigenvalue weighted by atomic mass is 10.1. The van der Waals surface area contributed by atoms with Crippen LogP contribution in [0.2, 0.25) is 0 Å². The van der Waals surface area contributed by atoms with E-state index in [4.69, 9.17) is 5.14 Å². The Bertz CT molecular complexity index is 1340. The van der Waals surface area contributed by atoms with Gasteiger partial charge in [-0.3, -0.25) is 9.36 Å². The zero-order chi connectivity index (χ0) is 22.6. The fraction of sp³-hybridized carbons (Fsp3) is 0.143. The normalized spacial score (nSPS) is 11.5. The number of aryl methyl sites for hydroxylation is 1. The Morgan fingerprint density at radius 2 is 1.74 bits per heavy atom. The number of azo groups is 1. The van der Waals surface area contributed by atoms with Crippen molar-refractivity contribution >= 4 is 21.4 Å². The number of hydrogen-bond donors (Lipinski definition) is 2. The highest BCUT2D eigenvalue weighted by Gasteiger charge is 2.19. The number of benzene rings is 2. The van der Waals surface area contributed by atoms with E-state index in [0.29, 0.717) is 6.42 Å². The summed E-state index contributed by atoms with van der Waals surface area (Å²) in [6.07, 6.45) is 0.466. The highest BCUT2D eigenvalue weighted by molar-refractivity contribution is 7.89. The summed E-state index contributed by atoms with van der Waals surface area (Å²) >= 11 is 0. The van der Waals surface area contributed by atoms with Gasteiger partial charge in [0.2, 0.25) is 15.9 Å². The number of nitriles is 1. The number of aromatic nitrogens is 1. The SMILES string of the molecule is Cc1c(C#N)c(O)n(CCc2ccccc2)c(=O)c1N=Nc1ccc(S(N)(=O)=O)cc1. The topological polar surface area (TPSA) is 151 Å². The van der Waals surface area contributed by atoms with Crippen molar-refractivity contribution in [1.82, 2.24) is 4.57 Å². The first-order chi connectivity index (χ1) is 14.7. The molecule has 0 spiro atoms. The van der Waals surface area contributed by atoms with Crippen LogP contribution in [0.3, 0.4) is 0 Å². The molecule has 10 heteroatoms. The van der Waals surface area contributed by atoms with Gasteiger partial charge in [0, 0.05) is 12.1 Å². The highest BCUT2D eigenvalue weighted by Crippen LogP contribution is 2.27. The van der Waals surface area contributed by atoms with Gasteiger partial charge < -0.3 is 5.11 Å². The van der Waals surface area contributed by atoms with E-state index in [-0.39, 0.29) is 33.9 Å². The molecule has 0 aliphatic carbocycles. The third kappa shape index (κ3) is 4.85. The predicted molar refractivity (Wildman–Crippen MR) is 114 cm³/mol. The Hall–Kier alpha value is -3.81. The zero-order valence-corrected chi connectivity index (χ0v) is 17.4. The molecule has 3 aromatic rings. The van der Waals surface area contributed by atoms with E-state index in [1.807, 2.05) is 36.4 Å². The van der Waals surface area contributed by atoms with E-state index in [0.717, 1.165) is 10.1 Å². The quantitative estimate of drug-likeness (QED) is 0.568. The number of nitrogens with two attached hydrogens (primary N) is 1. The Balaban J connectivity index is 1.99. The highest BCUT2D eigenvalue weighted by atomic mass is 32.2. The largest absolute Gasteiger partial charge is 0.493 e. The maximum atomic E-state index is 13.0. The Kier molecular flexibility index (Phi) is 6.29. The number of pyridine rings is 1. The molecule has 0 aliphatic rings. The molecule has 0 unspecified atom stereocenters. The number of aromatic hydroxyl groups is 1. The van der Waals surface area contributed by atoms with Gasteiger partial charge in [-0.05, 0) is 43.2 Å². The average Bonchev–Trinajstić information content (AvgIpc) is 2.74. The molecular weight excluding hydrogens is 418 g/mol. The lowest BCUT2D eigenvalue weighted by Crippen LogP contribution is -2.22. The van der Waals surface area contributed by atoms with Gasteiger partial charge in [-0.15, -0.1) is 5.11 Å². The van der Waals surface area contributed by atoms with Crippen LogP contribution in [0.1, 0.15) is 16.7 Å². The molecule has 3 N–H and O–H groups in total. The monoisotopic (exact) mass is 437 g/mol. The van der Waals surface area contributed by atoms with Crippen molar-refractivity contribution in [2.24, 2.45) is 15.4 Å². The van der Waals surface area contributed by atoms with Crippen molar-refractivity contribution in [2.75, 3.05) is 0 Å². The van der Waals surface area contributed by atoms with Crippen LogP contribution in [0, 0.1) is 18.3 Å². The van der Waals surface area contributed by atoms with E-state index < -0.39 is 21.5 Å². The maximum Gasteiger partial charge on any atom is 0.281 e. The molecule has 1 aromatic heterocycles. The first-order valence-electron chi connectivity index (χ1n) is 9.17. The summed E-state index contributed by atoms with van der Waals surface area (Å²) in [5, 5.41) is 32.9. The van der Waals surface area contributed by atoms with Crippen LogP contribution in [-0.4, -0.2) is 18.1 Å². The molecule has 0 bridgehead atoms. The standard InChI is InChI=1S/C21H19N5O4S/c1-14-18(13-22)20(27)26(12-11-15-5-3-2-4-6-15)21(28)19(14)25-24-16-7-9-17(10-8-16)31(23,29)30/h2-10,27H,11-12H2,1H3,(H2,23,29,30). The summed E-state index contributed by atoms with van der Waals surface area (Å²) in [5.41, 5.74) is 0.712. The molecule has 0 fully saturated rings. The second-order valence-electron chi connectivity index (χ2n) is 6.72. The molecule has 0 saturated heterocycles. The van der Waals surface area contributed by atoms with E-state index in [1.165, 1.54) is 31.2 Å². The molecule has 3 rings (SSSR count). The summed E-state index contributed by atoms with van der Waals surface area (Å²) in [6, 6.07) is 16.6. The summed E-state index contributed by atoms with van der Waals surface area (Å²) in [5.74, 6) is -0.419. The van der Waals surface area contributed by atoms with Crippen LogP contribution < -0.4 is 10.7 Å². The molecular formula is C21H19N5O4S. The molecule has 1 heterocycles. The lowest BCUT2D eigenvalue weighted by molar-refractivity contribution is 0.404. The van der Waals surface area contributed by atoms with Crippen LogP contribution in [0.5, 0.6) is 5.88 Å². The molecule has 2 aromatic carbocycles. The van der Waals surface area contributed by atoms with Gasteiger partial charge in [0.1, 0.15) is 11.6 Å². The van der Waals surface area contributed by atoms with Crippen molar-refractivity contribution in [3.05, 3.63) is 81.6 Å². The summed E-state index contributed by atoms with van der Waals surface area (Å²) < 4.78 is 23.8. The van der Waals surface area contributed by atoms with Gasteiger partial charge in [0.15, 0.2) is 5.69 Å². The van der Waals surface area contributed by atoms with Crippen LogP contribution in [0.15, 0.2) is 74.5 Å². The summed E-state index contributed by atoms with van der Waals surface area (Å²) in [4.78, 5) is 12.9. The van der Waals surface area contributed by atoms with Crippen molar-refractivity contribution in [2.45, 2.75) is 24.8 Å². The minimum absolute atomic E-state index is 0.0637. The third-order valence-electron chi connectivity index (χ3n) is 4.67. The second-order valence-corrected chi connectivity index (χ2v) is 8.28. The van der Waals surface area contributed by atoms with Crippen molar-refractivity contribution in [3.63, 3.8) is 0 Å². The van der Waals surface area contributed by atoms with E-state index in [1.54, 1.807) is 0 Å². The van der Waals surface area contributed by atoms with Gasteiger partial charge in [-0.1, -0.05) is 30.3 Å². The summed E-state index contributed by atoms with van der Waals surface area (Å²) in [7, 11) is -3.84. The molecule has 0 atom stereocenters. The zero-order valence-electron chi connectivity index (χ0n) is 16.6. The Morgan fingerprint density at radius 3 is 2.32 bits per heavy atom. The molecule has 31 heavy (non-hydrogen) atoms. The van der Waals surface area contributed by atoms with E-state index in [2.05, 4.69) is 10.2 Å². The molecule has 9 nitrogen and oxygen atoms in total. The fourth-order valence-electron chi connectivity index (χ4n) is 2.96. The minimum Gasteiger partial charge on any atom is -0.493 e. The maximum absolute atomic E-state index is 13.0. The van der Waals surface area contributed by atoms with Crippen LogP contribution in [0.25, 0.3) is 0 Å². The van der Waals surface area contributed by atoms with E-state index >= 15 is 0 Å². The van der Waals surface area contributed by atoms with E-state index in [9.17, 15) is 23.6 Å². The molecule has 0 saturated carbocycles. The Morgan fingerprint density at radius 1 is 1.10 bits per heavy atom. The van der Waals surface area contributed by atoms with Crippen LogP contribution in [0.4, 0.5) is 11.4 Å². The van der Waals surface area contributed by atoms with Gasteiger partial charge in [0.05, 0.1) is 10.6 Å². The molecule has 0 amide bonds. The van der Waals surface area contributed by atoms with Crippen molar-refractivity contribution < 1.29 is 13.5 Å². The fourth-order valence-corrected chi connectivity index (χ4v) is 3.48. The van der Waals surface area contributed by atoms with Gasteiger partial charge >= 0.3 is 0 Å². The number of rotatable bonds is 6. The second kappa shape index (κ2) is 8.91. The molecule has 0 radical (unpaired) electrons. The van der Waals surface area contributed by atoms with Crippen LogP contribution in [-0.2, 0) is 23.0 Å². The minimum atomic E-state index is -3.84. The van der Waals surface area contributed by atoms with Gasteiger partial charge in [-0.25, -0.2) is 13.6 Å². The lowest BCUT2D eigenvalue weighted by Gasteiger charge is -2.13. The smallest absolute Gasteiger partial charge is 0.281 e. The molecule has 0 aliphatic heterocycles. The number of primary sulfonamides is 1. The summed E-state index contributed by atoms with van der Waals surface area (Å²) in [6.45, 7) is 1.65.